The fourth-order valence-corrected chi connectivity index (χ4v) is 1.85. The highest BCUT2D eigenvalue weighted by molar-refractivity contribution is 6.35. The second-order valence-corrected chi connectivity index (χ2v) is 4.76. The second-order valence-electron chi connectivity index (χ2n) is 3.92. The van der Waals surface area contributed by atoms with E-state index in [2.05, 4.69) is 10.3 Å². The van der Waals surface area contributed by atoms with Gasteiger partial charge in [0.2, 0.25) is 0 Å². The van der Waals surface area contributed by atoms with E-state index in [0.717, 1.165) is 0 Å². The number of carbonyl (C=O) groups is 2. The molecule has 0 atom stereocenters. The van der Waals surface area contributed by atoms with Crippen molar-refractivity contribution in [2.75, 3.05) is 5.32 Å². The monoisotopic (exact) mass is 296 g/mol. The van der Waals surface area contributed by atoms with Gasteiger partial charge in [0.25, 0.3) is 5.91 Å². The van der Waals surface area contributed by atoms with Crippen molar-refractivity contribution in [2.24, 2.45) is 0 Å². The zero-order valence-electron chi connectivity index (χ0n) is 9.96. The van der Waals surface area contributed by atoms with Gasteiger partial charge in [0.1, 0.15) is 5.69 Å². The van der Waals surface area contributed by atoms with Crippen molar-refractivity contribution in [1.82, 2.24) is 4.98 Å². The molecule has 0 spiro atoms. The minimum absolute atomic E-state index is 0.139. The van der Waals surface area contributed by atoms with Gasteiger partial charge in [-0.1, -0.05) is 23.2 Å². The van der Waals surface area contributed by atoms with Gasteiger partial charge in [-0.25, -0.2) is 0 Å². The Kier molecular flexibility index (Phi) is 3.93. The van der Waals surface area contributed by atoms with Gasteiger partial charge in [-0.05, 0) is 30.3 Å². The van der Waals surface area contributed by atoms with Crippen molar-refractivity contribution in [1.29, 1.82) is 0 Å². The molecule has 0 saturated carbocycles. The Balaban J connectivity index is 2.20. The summed E-state index contributed by atoms with van der Waals surface area (Å²) in [5.74, 6) is -0.531. The van der Waals surface area contributed by atoms with Crippen molar-refractivity contribution in [3.8, 4) is 0 Å². The van der Waals surface area contributed by atoms with Crippen LogP contribution in [0.3, 0.4) is 0 Å². The summed E-state index contributed by atoms with van der Waals surface area (Å²) in [6.45, 7) is 1.42. The Bertz CT molecular complexity index is 650. The van der Waals surface area contributed by atoms with E-state index in [1.807, 2.05) is 0 Å². The number of rotatable bonds is 3. The van der Waals surface area contributed by atoms with Crippen LogP contribution in [0.15, 0.2) is 30.3 Å². The Morgan fingerprint density at radius 1 is 1.11 bits per heavy atom. The molecule has 98 valence electrons. The van der Waals surface area contributed by atoms with Crippen molar-refractivity contribution in [3.05, 3.63) is 51.8 Å². The lowest BCUT2D eigenvalue weighted by molar-refractivity contribution is 0.101. The van der Waals surface area contributed by atoms with Gasteiger partial charge in [0.15, 0.2) is 5.78 Å². The van der Waals surface area contributed by atoms with Crippen molar-refractivity contribution in [2.45, 2.75) is 6.92 Å². The maximum absolute atomic E-state index is 12.0. The minimum Gasteiger partial charge on any atom is -0.348 e. The third kappa shape index (κ3) is 3.16. The van der Waals surface area contributed by atoms with Gasteiger partial charge in [0.05, 0.1) is 16.4 Å². The van der Waals surface area contributed by atoms with Crippen LogP contribution in [0, 0.1) is 0 Å². The molecule has 6 heteroatoms. The molecule has 0 radical (unpaired) electrons. The Hall–Kier alpha value is -1.78. The molecule has 2 N–H and O–H groups in total. The molecule has 0 bridgehead atoms. The van der Waals surface area contributed by atoms with Crippen LogP contribution in [0.2, 0.25) is 10.0 Å². The van der Waals surface area contributed by atoms with Crippen molar-refractivity contribution < 1.29 is 9.59 Å². The van der Waals surface area contributed by atoms with Crippen LogP contribution in [0.25, 0.3) is 0 Å². The smallest absolute Gasteiger partial charge is 0.272 e. The summed E-state index contributed by atoms with van der Waals surface area (Å²) in [5, 5.41) is 3.48. The third-order valence-electron chi connectivity index (χ3n) is 2.49. The molecule has 0 aliphatic heterocycles. The lowest BCUT2D eigenvalue weighted by atomic mass is 10.3. The summed E-state index contributed by atoms with van der Waals surface area (Å²) in [7, 11) is 0. The zero-order valence-corrected chi connectivity index (χ0v) is 11.5. The predicted octanol–water partition coefficient (Wildman–Crippen LogP) is 3.78. The highest BCUT2D eigenvalue weighted by atomic mass is 35.5. The fraction of sp³-hybridized carbons (Fsp3) is 0.0769. The summed E-state index contributed by atoms with van der Waals surface area (Å²) >= 11 is 11.8. The van der Waals surface area contributed by atoms with Crippen LogP contribution in [-0.2, 0) is 0 Å². The number of nitrogens with one attached hydrogen (secondary N) is 2. The van der Waals surface area contributed by atoms with Gasteiger partial charge in [-0.3, -0.25) is 9.59 Å². The molecule has 19 heavy (non-hydrogen) atoms. The Morgan fingerprint density at radius 2 is 1.79 bits per heavy atom. The van der Waals surface area contributed by atoms with Gasteiger partial charge < -0.3 is 10.3 Å². The molecule has 1 heterocycles. The number of anilines is 1. The number of hydrogen-bond donors (Lipinski definition) is 2. The number of H-pyrrole nitrogens is 1. The first-order valence-corrected chi connectivity index (χ1v) is 6.19. The number of ketones is 1. The molecule has 0 aliphatic carbocycles. The van der Waals surface area contributed by atoms with E-state index in [-0.39, 0.29) is 11.5 Å². The van der Waals surface area contributed by atoms with Crippen LogP contribution >= 0.6 is 23.2 Å². The van der Waals surface area contributed by atoms with Gasteiger partial charge in [-0.15, -0.1) is 0 Å². The zero-order chi connectivity index (χ0) is 14.0. The van der Waals surface area contributed by atoms with E-state index < -0.39 is 5.91 Å². The van der Waals surface area contributed by atoms with E-state index in [0.29, 0.717) is 21.4 Å². The number of hydrogen-bond acceptors (Lipinski definition) is 2. The SMILES string of the molecule is CC(=O)c1ccc(C(=O)Nc2cc(Cl)ccc2Cl)[nH]1. The van der Waals surface area contributed by atoms with Crippen LogP contribution in [0.4, 0.5) is 5.69 Å². The Morgan fingerprint density at radius 3 is 2.42 bits per heavy atom. The lowest BCUT2D eigenvalue weighted by Crippen LogP contribution is -2.13. The van der Waals surface area contributed by atoms with Crippen LogP contribution in [0.5, 0.6) is 0 Å². The standard InChI is InChI=1S/C13H10Cl2N2O2/c1-7(18)10-4-5-11(16-10)13(19)17-12-6-8(14)2-3-9(12)15/h2-6,16H,1H3,(H,17,19). The molecule has 4 nitrogen and oxygen atoms in total. The van der Waals surface area contributed by atoms with Gasteiger partial charge in [0, 0.05) is 11.9 Å². The number of benzene rings is 1. The van der Waals surface area contributed by atoms with Gasteiger partial charge >= 0.3 is 0 Å². The summed E-state index contributed by atoms with van der Waals surface area (Å²) in [6, 6.07) is 7.86. The molecular formula is C13H10Cl2N2O2. The highest BCUT2D eigenvalue weighted by Crippen LogP contribution is 2.25. The van der Waals surface area contributed by atoms with Crippen LogP contribution < -0.4 is 5.32 Å². The van der Waals surface area contributed by atoms with E-state index in [1.165, 1.54) is 13.0 Å². The first-order chi connectivity index (χ1) is 8.97. The number of carbonyl (C=O) groups excluding carboxylic acids is 2. The average molecular weight is 297 g/mol. The number of aromatic amines is 1. The largest absolute Gasteiger partial charge is 0.348 e. The quantitative estimate of drug-likeness (QED) is 0.847. The van der Waals surface area contributed by atoms with Gasteiger partial charge in [-0.2, -0.15) is 0 Å². The average Bonchev–Trinajstić information content (AvgIpc) is 2.83. The molecule has 2 aromatic rings. The number of aromatic nitrogens is 1. The van der Waals surface area contributed by atoms with E-state index in [9.17, 15) is 9.59 Å². The first-order valence-electron chi connectivity index (χ1n) is 5.43. The topological polar surface area (TPSA) is 62.0 Å². The summed E-state index contributed by atoms with van der Waals surface area (Å²) in [5.41, 5.74) is 1.07. The molecule has 1 amide bonds. The molecule has 0 saturated heterocycles. The summed E-state index contributed by atoms with van der Waals surface area (Å²) in [4.78, 5) is 25.8. The van der Waals surface area contributed by atoms with E-state index >= 15 is 0 Å². The normalized spacial score (nSPS) is 10.3. The van der Waals surface area contributed by atoms with Crippen LogP contribution in [0.1, 0.15) is 27.9 Å². The number of halogens is 2. The summed E-state index contributed by atoms with van der Waals surface area (Å²) < 4.78 is 0. The molecule has 0 unspecified atom stereocenters. The maximum Gasteiger partial charge on any atom is 0.272 e. The Labute approximate surface area is 119 Å². The van der Waals surface area contributed by atoms with E-state index in [1.54, 1.807) is 24.3 Å². The van der Waals surface area contributed by atoms with Crippen molar-refractivity contribution >= 4 is 40.6 Å². The van der Waals surface area contributed by atoms with Crippen LogP contribution in [-0.4, -0.2) is 16.7 Å². The number of amides is 1. The lowest BCUT2D eigenvalue weighted by Gasteiger charge is -2.06. The molecule has 0 fully saturated rings. The molecule has 1 aromatic heterocycles. The fourth-order valence-electron chi connectivity index (χ4n) is 1.52. The molecule has 0 aliphatic rings. The molecule has 1 aromatic carbocycles. The second kappa shape index (κ2) is 5.47. The maximum atomic E-state index is 12.0. The molecular weight excluding hydrogens is 287 g/mol. The predicted molar refractivity (Wildman–Crippen MR) is 75.2 cm³/mol. The molecule has 2 rings (SSSR count). The third-order valence-corrected chi connectivity index (χ3v) is 3.05. The van der Waals surface area contributed by atoms with Crippen molar-refractivity contribution in [3.63, 3.8) is 0 Å². The number of Topliss-reactive ketones (excluding diaryl/α,β-unsaturated/α-hetero) is 1. The van der Waals surface area contributed by atoms with E-state index in [4.69, 9.17) is 23.2 Å². The highest BCUT2D eigenvalue weighted by Gasteiger charge is 2.12. The summed E-state index contributed by atoms with van der Waals surface area (Å²) in [6.07, 6.45) is 0. The first kappa shape index (κ1) is 13.6. The minimum atomic E-state index is -0.392.